The van der Waals surface area contributed by atoms with Crippen LogP contribution in [0.5, 0.6) is 0 Å². The van der Waals surface area contributed by atoms with Crippen molar-refractivity contribution in [2.24, 2.45) is 5.41 Å². The predicted molar refractivity (Wildman–Crippen MR) is 111 cm³/mol. The molecule has 0 saturated carbocycles. The van der Waals surface area contributed by atoms with Crippen molar-refractivity contribution >= 4 is 23.2 Å². The summed E-state index contributed by atoms with van der Waals surface area (Å²) in [6.07, 6.45) is 0. The minimum absolute atomic E-state index is 0.101. The quantitative estimate of drug-likeness (QED) is 0.746. The highest BCUT2D eigenvalue weighted by Gasteiger charge is 2.40. The van der Waals surface area contributed by atoms with Crippen LogP contribution in [0.3, 0.4) is 0 Å². The molecule has 6 heteroatoms. The summed E-state index contributed by atoms with van der Waals surface area (Å²) in [5.41, 5.74) is 0.751. The number of nitrogens with one attached hydrogen (secondary N) is 1. The normalized spacial score (nSPS) is 15.5. The molecule has 1 heterocycles. The van der Waals surface area contributed by atoms with E-state index in [0.717, 1.165) is 38.4 Å². The number of amides is 2. The number of likely N-dealkylation sites (N-methyl/N-ethyl adjacent to an activating group) is 1. The zero-order valence-electron chi connectivity index (χ0n) is 17.4. The van der Waals surface area contributed by atoms with E-state index in [0.29, 0.717) is 18.8 Å². The molecule has 1 aromatic carbocycles. The van der Waals surface area contributed by atoms with Crippen molar-refractivity contribution in [1.29, 1.82) is 0 Å². The van der Waals surface area contributed by atoms with Crippen molar-refractivity contribution in [2.45, 2.75) is 34.6 Å². The molecule has 0 bridgehead atoms. The number of carbonyl (C=O) groups is 2. The maximum Gasteiger partial charge on any atom is 0.239 e. The molecule has 1 N–H and O–H groups in total. The first-order valence-corrected chi connectivity index (χ1v) is 10.0. The Morgan fingerprint density at radius 1 is 1.00 bits per heavy atom. The number of piperazine rings is 1. The Labute approximate surface area is 163 Å². The van der Waals surface area contributed by atoms with Crippen LogP contribution in [0.25, 0.3) is 0 Å². The predicted octanol–water partition coefficient (Wildman–Crippen LogP) is 2.66. The summed E-state index contributed by atoms with van der Waals surface area (Å²) in [5.74, 6) is -0.364. The van der Waals surface area contributed by atoms with Crippen molar-refractivity contribution < 1.29 is 9.59 Å². The van der Waals surface area contributed by atoms with Crippen molar-refractivity contribution in [1.82, 2.24) is 9.80 Å². The molecule has 1 fully saturated rings. The van der Waals surface area contributed by atoms with Gasteiger partial charge in [0.15, 0.2) is 0 Å². The third kappa shape index (κ3) is 5.01. The van der Waals surface area contributed by atoms with Gasteiger partial charge >= 0.3 is 0 Å². The van der Waals surface area contributed by atoms with Crippen molar-refractivity contribution in [2.75, 3.05) is 56.0 Å². The molecule has 1 saturated heterocycles. The van der Waals surface area contributed by atoms with Gasteiger partial charge in [0.2, 0.25) is 11.8 Å². The molecule has 0 aliphatic carbocycles. The molecule has 0 aromatic heterocycles. The number of anilines is 2. The van der Waals surface area contributed by atoms with Gasteiger partial charge in [-0.2, -0.15) is 0 Å². The number of rotatable bonds is 7. The second-order valence-electron chi connectivity index (χ2n) is 7.52. The largest absolute Gasteiger partial charge is 0.372 e. The smallest absolute Gasteiger partial charge is 0.239 e. The standard InChI is InChI=1S/C21H34N4O2/c1-6-23-13-15-25(16-14-23)20(27)21(4,5)19(26)22-17-9-11-18(12-10-17)24(7-2)8-3/h9-12H,6-8,13-16H2,1-5H3,(H,22,26). The Balaban J connectivity index is 2.00. The fraction of sp³-hybridized carbons (Fsp3) is 0.619. The third-order valence-corrected chi connectivity index (χ3v) is 5.46. The van der Waals surface area contributed by atoms with Crippen LogP contribution >= 0.6 is 0 Å². The van der Waals surface area contributed by atoms with Crippen molar-refractivity contribution in [3.63, 3.8) is 0 Å². The van der Waals surface area contributed by atoms with Gasteiger partial charge in [0.1, 0.15) is 5.41 Å². The van der Waals surface area contributed by atoms with Crippen LogP contribution < -0.4 is 10.2 Å². The maximum atomic E-state index is 12.9. The molecule has 0 spiro atoms. The maximum absolute atomic E-state index is 12.9. The van der Waals surface area contributed by atoms with Gasteiger partial charge in [0.25, 0.3) is 0 Å². The van der Waals surface area contributed by atoms with Gasteiger partial charge in [-0.05, 0) is 58.5 Å². The van der Waals surface area contributed by atoms with E-state index in [-0.39, 0.29) is 11.8 Å². The second kappa shape index (κ2) is 9.22. The zero-order chi connectivity index (χ0) is 20.0. The highest BCUT2D eigenvalue weighted by atomic mass is 16.2. The van der Waals surface area contributed by atoms with Gasteiger partial charge in [-0.15, -0.1) is 0 Å². The minimum Gasteiger partial charge on any atom is -0.372 e. The monoisotopic (exact) mass is 374 g/mol. The van der Waals surface area contributed by atoms with Gasteiger partial charge in [-0.3, -0.25) is 9.59 Å². The van der Waals surface area contributed by atoms with Gasteiger partial charge in [0.05, 0.1) is 0 Å². The van der Waals surface area contributed by atoms with E-state index in [2.05, 4.69) is 35.9 Å². The van der Waals surface area contributed by atoms with E-state index in [1.807, 2.05) is 29.2 Å². The average molecular weight is 375 g/mol. The van der Waals surface area contributed by atoms with E-state index < -0.39 is 5.41 Å². The van der Waals surface area contributed by atoms with Gasteiger partial charge < -0.3 is 20.0 Å². The first-order valence-electron chi connectivity index (χ1n) is 10.0. The molecule has 1 aromatic rings. The molecule has 0 atom stereocenters. The summed E-state index contributed by atoms with van der Waals surface area (Å²) < 4.78 is 0. The Bertz CT molecular complexity index is 630. The molecule has 2 rings (SSSR count). The molecule has 2 amide bonds. The Kier molecular flexibility index (Phi) is 7.25. The molecule has 6 nitrogen and oxygen atoms in total. The fourth-order valence-corrected chi connectivity index (χ4v) is 3.39. The molecular weight excluding hydrogens is 340 g/mol. The summed E-state index contributed by atoms with van der Waals surface area (Å²) in [7, 11) is 0. The first-order chi connectivity index (χ1) is 12.8. The number of carbonyl (C=O) groups excluding carboxylic acids is 2. The van der Waals surface area contributed by atoms with Crippen molar-refractivity contribution in [3.8, 4) is 0 Å². The van der Waals surface area contributed by atoms with E-state index in [1.54, 1.807) is 13.8 Å². The van der Waals surface area contributed by atoms with Crippen LogP contribution in [0.1, 0.15) is 34.6 Å². The molecule has 27 heavy (non-hydrogen) atoms. The number of benzene rings is 1. The molecule has 1 aliphatic rings. The lowest BCUT2D eigenvalue weighted by Crippen LogP contribution is -2.54. The third-order valence-electron chi connectivity index (χ3n) is 5.46. The summed E-state index contributed by atoms with van der Waals surface area (Å²) >= 11 is 0. The lowest BCUT2D eigenvalue weighted by atomic mass is 9.89. The Hall–Kier alpha value is -2.08. The zero-order valence-corrected chi connectivity index (χ0v) is 17.4. The van der Waals surface area contributed by atoms with E-state index in [1.165, 1.54) is 0 Å². The highest BCUT2D eigenvalue weighted by molar-refractivity contribution is 6.09. The number of hydrogen-bond acceptors (Lipinski definition) is 4. The van der Waals surface area contributed by atoms with Gasteiger partial charge in [-0.1, -0.05) is 6.92 Å². The molecule has 1 aliphatic heterocycles. The van der Waals surface area contributed by atoms with Crippen LogP contribution in [-0.4, -0.2) is 67.4 Å². The van der Waals surface area contributed by atoms with Crippen molar-refractivity contribution in [3.05, 3.63) is 24.3 Å². The number of hydrogen-bond donors (Lipinski definition) is 1. The fourth-order valence-electron chi connectivity index (χ4n) is 3.39. The molecule has 150 valence electrons. The summed E-state index contributed by atoms with van der Waals surface area (Å²) in [6, 6.07) is 7.79. The van der Waals surface area contributed by atoms with Crippen LogP contribution in [-0.2, 0) is 9.59 Å². The number of nitrogens with zero attached hydrogens (tertiary/aromatic N) is 3. The SMILES string of the molecule is CCN1CCN(C(=O)C(C)(C)C(=O)Nc2ccc(N(CC)CC)cc2)CC1. The lowest BCUT2D eigenvalue weighted by molar-refractivity contribution is -0.147. The Morgan fingerprint density at radius 2 is 1.56 bits per heavy atom. The van der Waals surface area contributed by atoms with E-state index >= 15 is 0 Å². The van der Waals surface area contributed by atoms with Crippen LogP contribution in [0.15, 0.2) is 24.3 Å². The summed E-state index contributed by atoms with van der Waals surface area (Å²) in [6.45, 7) is 15.8. The van der Waals surface area contributed by atoms with Crippen LogP contribution in [0.2, 0.25) is 0 Å². The average Bonchev–Trinajstić information content (AvgIpc) is 2.69. The van der Waals surface area contributed by atoms with Crippen LogP contribution in [0.4, 0.5) is 11.4 Å². The van der Waals surface area contributed by atoms with E-state index in [4.69, 9.17) is 0 Å². The molecular formula is C21H34N4O2. The lowest BCUT2D eigenvalue weighted by Gasteiger charge is -2.37. The summed E-state index contributed by atoms with van der Waals surface area (Å²) in [4.78, 5) is 32.1. The molecule has 0 radical (unpaired) electrons. The molecule has 0 unspecified atom stereocenters. The van der Waals surface area contributed by atoms with Crippen LogP contribution in [0, 0.1) is 5.41 Å². The topological polar surface area (TPSA) is 55.9 Å². The summed E-state index contributed by atoms with van der Waals surface area (Å²) in [5, 5.41) is 2.91. The Morgan fingerprint density at radius 3 is 2.04 bits per heavy atom. The first kappa shape index (κ1) is 21.2. The highest BCUT2D eigenvalue weighted by Crippen LogP contribution is 2.24. The van der Waals surface area contributed by atoms with Gasteiger partial charge in [-0.25, -0.2) is 0 Å². The second-order valence-corrected chi connectivity index (χ2v) is 7.52. The van der Waals surface area contributed by atoms with Gasteiger partial charge in [0, 0.05) is 50.6 Å². The minimum atomic E-state index is -1.09. The van der Waals surface area contributed by atoms with E-state index in [9.17, 15) is 9.59 Å².